The van der Waals surface area contributed by atoms with Gasteiger partial charge >= 0.3 is 0 Å². The first-order valence-electron chi connectivity index (χ1n) is 8.84. The number of imidazole rings is 1. The lowest BCUT2D eigenvalue weighted by Gasteiger charge is -2.28. The number of aromatic amines is 1. The van der Waals surface area contributed by atoms with Crippen LogP contribution in [0.15, 0.2) is 30.6 Å². The van der Waals surface area contributed by atoms with E-state index in [1.165, 1.54) is 0 Å². The van der Waals surface area contributed by atoms with Crippen molar-refractivity contribution in [3.8, 4) is 0 Å². The molecule has 3 aromatic rings. The van der Waals surface area contributed by atoms with Crippen molar-refractivity contribution in [3.05, 3.63) is 30.6 Å². The van der Waals surface area contributed by atoms with Crippen LogP contribution in [0.4, 0.5) is 23.1 Å². The summed E-state index contributed by atoms with van der Waals surface area (Å²) in [6.45, 7) is 8.54. The summed E-state index contributed by atoms with van der Waals surface area (Å²) in [4.78, 5) is 16.3. The van der Waals surface area contributed by atoms with Gasteiger partial charge in [-0.15, -0.1) is 0 Å². The fourth-order valence-corrected chi connectivity index (χ4v) is 2.97. The van der Waals surface area contributed by atoms with Crippen LogP contribution in [-0.2, 0) is 10.0 Å². The fourth-order valence-electron chi connectivity index (χ4n) is 2.42. The Hall–Kier alpha value is -2.88. The molecule has 1 atom stereocenters. The van der Waals surface area contributed by atoms with E-state index in [1.807, 2.05) is 0 Å². The number of nitrogens with zero attached hydrogens (tertiary/aromatic N) is 3. The molecule has 4 N–H and O–H groups in total. The molecule has 0 saturated carbocycles. The predicted octanol–water partition coefficient (Wildman–Crippen LogP) is 3.31. The summed E-state index contributed by atoms with van der Waals surface area (Å²) in [5, 5.41) is 6.54. The predicted molar refractivity (Wildman–Crippen MR) is 112 cm³/mol. The van der Waals surface area contributed by atoms with E-state index in [-0.39, 0.29) is 11.5 Å². The molecule has 150 valence electrons. The van der Waals surface area contributed by atoms with Crippen LogP contribution < -0.4 is 15.4 Å². The van der Waals surface area contributed by atoms with Gasteiger partial charge < -0.3 is 15.6 Å². The van der Waals surface area contributed by atoms with Crippen molar-refractivity contribution in [2.24, 2.45) is 5.41 Å². The molecule has 0 amide bonds. The van der Waals surface area contributed by atoms with Gasteiger partial charge in [0.15, 0.2) is 11.5 Å². The van der Waals surface area contributed by atoms with Gasteiger partial charge in [0, 0.05) is 11.7 Å². The monoisotopic (exact) mass is 403 g/mol. The largest absolute Gasteiger partial charge is 0.365 e. The average Bonchev–Trinajstić information content (AvgIpc) is 3.01. The molecule has 0 unspecified atom stereocenters. The molecule has 0 saturated heterocycles. The maximum Gasteiger partial charge on any atom is 0.231 e. The highest BCUT2D eigenvalue weighted by atomic mass is 32.2. The van der Waals surface area contributed by atoms with Crippen LogP contribution in [0.25, 0.3) is 11.2 Å². The Labute approximate surface area is 164 Å². The van der Waals surface area contributed by atoms with Crippen molar-refractivity contribution in [1.29, 1.82) is 0 Å². The Morgan fingerprint density at radius 1 is 1.14 bits per heavy atom. The molecule has 0 fully saturated rings. The molecule has 0 aliphatic carbocycles. The van der Waals surface area contributed by atoms with Gasteiger partial charge in [-0.3, -0.25) is 4.72 Å². The van der Waals surface area contributed by atoms with Crippen molar-refractivity contribution >= 4 is 44.3 Å². The van der Waals surface area contributed by atoms with E-state index in [2.05, 4.69) is 63.0 Å². The number of benzene rings is 1. The molecule has 2 heterocycles. The first-order chi connectivity index (χ1) is 13.0. The number of hydrogen-bond acceptors (Lipinski definition) is 7. The van der Waals surface area contributed by atoms with Crippen LogP contribution in [0.1, 0.15) is 27.7 Å². The first-order valence-corrected chi connectivity index (χ1v) is 10.7. The molecule has 0 bridgehead atoms. The highest BCUT2D eigenvalue weighted by molar-refractivity contribution is 7.92. The van der Waals surface area contributed by atoms with Crippen LogP contribution >= 0.6 is 0 Å². The zero-order chi connectivity index (χ0) is 20.5. The number of nitrogens with one attached hydrogen (secondary N) is 4. The second-order valence-electron chi connectivity index (χ2n) is 7.81. The molecule has 0 aliphatic heterocycles. The van der Waals surface area contributed by atoms with Gasteiger partial charge in [-0.25, -0.2) is 13.4 Å². The molecule has 9 nitrogen and oxygen atoms in total. The number of fused-ring (bicyclic) bond motifs is 1. The molecule has 3 rings (SSSR count). The van der Waals surface area contributed by atoms with Gasteiger partial charge in [-0.1, -0.05) is 26.8 Å². The molecule has 0 spiro atoms. The van der Waals surface area contributed by atoms with Crippen molar-refractivity contribution in [1.82, 2.24) is 19.9 Å². The van der Waals surface area contributed by atoms with E-state index in [0.717, 1.165) is 11.8 Å². The first kappa shape index (κ1) is 19.9. The maximum atomic E-state index is 11.4. The maximum absolute atomic E-state index is 11.4. The Kier molecular flexibility index (Phi) is 5.16. The lowest BCUT2D eigenvalue weighted by molar-refractivity contribution is 0.359. The third-order valence-electron chi connectivity index (χ3n) is 4.36. The normalized spacial score (nSPS) is 13.3. The lowest BCUT2D eigenvalue weighted by Crippen LogP contribution is -2.31. The van der Waals surface area contributed by atoms with Crippen LogP contribution in [0.3, 0.4) is 0 Å². The Bertz CT molecular complexity index is 1090. The van der Waals surface area contributed by atoms with Crippen molar-refractivity contribution in [2.45, 2.75) is 33.7 Å². The van der Waals surface area contributed by atoms with E-state index in [4.69, 9.17) is 0 Å². The summed E-state index contributed by atoms with van der Waals surface area (Å²) in [6, 6.07) is 7.04. The summed E-state index contributed by atoms with van der Waals surface area (Å²) in [5.74, 6) is 1.01. The minimum absolute atomic E-state index is 0.0382. The average molecular weight is 404 g/mol. The number of sulfonamides is 1. The minimum Gasteiger partial charge on any atom is -0.365 e. The van der Waals surface area contributed by atoms with Gasteiger partial charge in [-0.05, 0) is 30.5 Å². The number of anilines is 4. The molecular weight excluding hydrogens is 378 g/mol. The molecule has 10 heteroatoms. The van der Waals surface area contributed by atoms with Crippen LogP contribution in [0.2, 0.25) is 0 Å². The summed E-state index contributed by atoms with van der Waals surface area (Å²) in [6.07, 6.45) is 2.68. The third-order valence-corrected chi connectivity index (χ3v) is 4.97. The Morgan fingerprint density at radius 2 is 1.86 bits per heavy atom. The third kappa shape index (κ3) is 4.89. The van der Waals surface area contributed by atoms with E-state index in [1.54, 1.807) is 30.6 Å². The highest BCUT2D eigenvalue weighted by Crippen LogP contribution is 2.27. The molecule has 28 heavy (non-hydrogen) atoms. The van der Waals surface area contributed by atoms with E-state index in [9.17, 15) is 8.42 Å². The van der Waals surface area contributed by atoms with Crippen molar-refractivity contribution < 1.29 is 8.42 Å². The SMILES string of the molecule is C[C@H](Nc1nc(Nc2cccc(NS(C)(=O)=O)c2)nc2nc[nH]c12)C(C)(C)C. The van der Waals surface area contributed by atoms with E-state index in [0.29, 0.717) is 28.8 Å². The Balaban J connectivity index is 1.91. The standard InChI is InChI=1S/C18H25N7O2S/c1-11(18(2,3)4)21-16-14-15(20-10-19-14)23-17(24-16)22-12-7-6-8-13(9-12)25-28(5,26)27/h6-11,25H,1-5H3,(H3,19,20,21,22,23,24)/t11-/m0/s1. The summed E-state index contributed by atoms with van der Waals surface area (Å²) < 4.78 is 25.3. The molecular formula is C18H25N7O2S. The Morgan fingerprint density at radius 3 is 2.54 bits per heavy atom. The van der Waals surface area contributed by atoms with Gasteiger partial charge in [0.05, 0.1) is 18.3 Å². The van der Waals surface area contributed by atoms with Crippen LogP contribution in [0, 0.1) is 5.41 Å². The summed E-state index contributed by atoms with van der Waals surface area (Å²) in [5.41, 5.74) is 2.41. The second-order valence-corrected chi connectivity index (χ2v) is 9.56. The van der Waals surface area contributed by atoms with Gasteiger partial charge in [0.2, 0.25) is 16.0 Å². The number of hydrogen-bond donors (Lipinski definition) is 4. The molecule has 2 aromatic heterocycles. The zero-order valence-electron chi connectivity index (χ0n) is 16.5. The smallest absolute Gasteiger partial charge is 0.231 e. The number of H-pyrrole nitrogens is 1. The van der Waals surface area contributed by atoms with Crippen LogP contribution in [0.5, 0.6) is 0 Å². The lowest BCUT2D eigenvalue weighted by atomic mass is 9.88. The van der Waals surface area contributed by atoms with Crippen LogP contribution in [-0.4, -0.2) is 40.7 Å². The molecule has 1 aromatic carbocycles. The van der Waals surface area contributed by atoms with Gasteiger partial charge in [0.25, 0.3) is 0 Å². The minimum atomic E-state index is -3.36. The summed E-state index contributed by atoms with van der Waals surface area (Å²) >= 11 is 0. The second kappa shape index (κ2) is 7.27. The highest BCUT2D eigenvalue weighted by Gasteiger charge is 2.22. The van der Waals surface area contributed by atoms with E-state index >= 15 is 0 Å². The molecule has 0 radical (unpaired) electrons. The van der Waals surface area contributed by atoms with E-state index < -0.39 is 10.0 Å². The zero-order valence-corrected chi connectivity index (χ0v) is 17.3. The van der Waals surface area contributed by atoms with Crippen molar-refractivity contribution in [3.63, 3.8) is 0 Å². The quantitative estimate of drug-likeness (QED) is 0.497. The van der Waals surface area contributed by atoms with Crippen molar-refractivity contribution in [2.75, 3.05) is 21.6 Å². The topological polar surface area (TPSA) is 125 Å². The number of rotatable bonds is 6. The van der Waals surface area contributed by atoms with Gasteiger partial charge in [-0.2, -0.15) is 9.97 Å². The summed E-state index contributed by atoms with van der Waals surface area (Å²) in [7, 11) is -3.36. The number of aromatic nitrogens is 4. The van der Waals surface area contributed by atoms with Gasteiger partial charge in [0.1, 0.15) is 5.52 Å². The fraction of sp³-hybridized carbons (Fsp3) is 0.389. The molecule has 0 aliphatic rings.